The van der Waals surface area contributed by atoms with Crippen LogP contribution in [0.4, 0.5) is 10.1 Å². The summed E-state index contributed by atoms with van der Waals surface area (Å²) < 4.78 is 13.9. The highest BCUT2D eigenvalue weighted by Crippen LogP contribution is 2.24. The fourth-order valence-corrected chi connectivity index (χ4v) is 2.34. The molecule has 1 N–H and O–H groups in total. The lowest BCUT2D eigenvalue weighted by molar-refractivity contribution is -0.387. The van der Waals surface area contributed by atoms with E-state index in [9.17, 15) is 14.5 Å². The fraction of sp³-hybridized carbons (Fsp3) is 0.200. The van der Waals surface area contributed by atoms with E-state index in [1.54, 1.807) is 6.07 Å². The number of benzene rings is 2. The molecular formula is C15H14ClFN2O2. The average molecular weight is 309 g/mol. The van der Waals surface area contributed by atoms with E-state index in [1.807, 2.05) is 25.1 Å². The molecule has 4 nitrogen and oxygen atoms in total. The van der Waals surface area contributed by atoms with Crippen molar-refractivity contribution in [3.8, 4) is 0 Å². The zero-order valence-electron chi connectivity index (χ0n) is 11.3. The monoisotopic (exact) mass is 308 g/mol. The Morgan fingerprint density at radius 3 is 2.67 bits per heavy atom. The Hall–Kier alpha value is -1.98. The van der Waals surface area contributed by atoms with Crippen LogP contribution in [0.15, 0.2) is 42.5 Å². The lowest BCUT2D eigenvalue weighted by atomic mass is 10.1. The first kappa shape index (κ1) is 15.4. The Labute approximate surface area is 126 Å². The number of hydrogen-bond donors (Lipinski definition) is 1. The molecule has 0 spiro atoms. The van der Waals surface area contributed by atoms with Gasteiger partial charge in [-0.05, 0) is 18.6 Å². The minimum absolute atomic E-state index is 0.0997. The molecule has 1 unspecified atom stereocenters. The van der Waals surface area contributed by atoms with Crippen LogP contribution in [0.5, 0.6) is 0 Å². The number of nitrogens with one attached hydrogen (secondary N) is 1. The van der Waals surface area contributed by atoms with Crippen LogP contribution in [0.1, 0.15) is 24.1 Å². The number of nitro benzene ring substituents is 1. The summed E-state index contributed by atoms with van der Waals surface area (Å²) in [7, 11) is 0. The van der Waals surface area contributed by atoms with Gasteiger partial charge in [-0.25, -0.2) is 0 Å². The number of nitrogens with zero attached hydrogens (tertiary/aromatic N) is 1. The van der Waals surface area contributed by atoms with Crippen molar-refractivity contribution in [3.63, 3.8) is 0 Å². The number of hydrogen-bond acceptors (Lipinski definition) is 3. The van der Waals surface area contributed by atoms with Crippen molar-refractivity contribution >= 4 is 17.3 Å². The molecule has 6 heteroatoms. The smallest absolute Gasteiger partial charge is 0.305 e. The van der Waals surface area contributed by atoms with Crippen LogP contribution in [0.3, 0.4) is 0 Å². The van der Waals surface area contributed by atoms with Crippen molar-refractivity contribution in [3.05, 3.63) is 74.5 Å². The molecule has 0 amide bonds. The molecule has 2 rings (SSSR count). The summed E-state index contributed by atoms with van der Waals surface area (Å²) in [5.74, 6) is -0.804. The van der Waals surface area contributed by atoms with Gasteiger partial charge in [-0.2, -0.15) is 4.39 Å². The lowest BCUT2D eigenvalue weighted by Gasteiger charge is -2.16. The summed E-state index contributed by atoms with van der Waals surface area (Å²) in [4.78, 5) is 9.98. The summed E-state index contributed by atoms with van der Waals surface area (Å²) in [6, 6.07) is 11.4. The third kappa shape index (κ3) is 3.56. The van der Waals surface area contributed by atoms with Crippen molar-refractivity contribution in [2.45, 2.75) is 19.5 Å². The molecule has 0 aliphatic rings. The minimum Gasteiger partial charge on any atom is -0.306 e. The van der Waals surface area contributed by atoms with E-state index < -0.39 is 16.4 Å². The van der Waals surface area contributed by atoms with E-state index in [-0.39, 0.29) is 18.2 Å². The van der Waals surface area contributed by atoms with Gasteiger partial charge in [-0.15, -0.1) is 0 Å². The van der Waals surface area contributed by atoms with Gasteiger partial charge in [0.25, 0.3) is 0 Å². The van der Waals surface area contributed by atoms with Gasteiger partial charge in [0.15, 0.2) is 0 Å². The highest BCUT2D eigenvalue weighted by molar-refractivity contribution is 6.31. The first-order valence-corrected chi connectivity index (χ1v) is 6.78. The maximum Gasteiger partial charge on any atom is 0.305 e. The van der Waals surface area contributed by atoms with Crippen LogP contribution in [0.2, 0.25) is 5.02 Å². The van der Waals surface area contributed by atoms with Gasteiger partial charge in [0.2, 0.25) is 5.82 Å². The normalized spacial score (nSPS) is 12.1. The molecule has 2 aromatic rings. The van der Waals surface area contributed by atoms with Crippen LogP contribution in [0.25, 0.3) is 0 Å². The van der Waals surface area contributed by atoms with E-state index in [0.29, 0.717) is 5.02 Å². The molecule has 110 valence electrons. The van der Waals surface area contributed by atoms with Crippen molar-refractivity contribution in [2.24, 2.45) is 0 Å². The number of rotatable bonds is 5. The largest absolute Gasteiger partial charge is 0.306 e. The van der Waals surface area contributed by atoms with Crippen LogP contribution in [-0.4, -0.2) is 4.92 Å². The number of nitro groups is 1. The Morgan fingerprint density at radius 2 is 2.00 bits per heavy atom. The van der Waals surface area contributed by atoms with Crippen LogP contribution >= 0.6 is 11.6 Å². The maximum absolute atomic E-state index is 13.9. The first-order chi connectivity index (χ1) is 10.0. The molecule has 0 bridgehead atoms. The Kier molecular flexibility index (Phi) is 4.88. The highest BCUT2D eigenvalue weighted by Gasteiger charge is 2.17. The molecule has 1 atom stereocenters. The van der Waals surface area contributed by atoms with E-state index in [0.717, 1.165) is 11.6 Å². The van der Waals surface area contributed by atoms with E-state index in [2.05, 4.69) is 5.32 Å². The predicted molar refractivity (Wildman–Crippen MR) is 79.8 cm³/mol. The van der Waals surface area contributed by atoms with Gasteiger partial charge < -0.3 is 5.32 Å². The van der Waals surface area contributed by atoms with Gasteiger partial charge >= 0.3 is 5.69 Å². The average Bonchev–Trinajstić information content (AvgIpc) is 2.46. The Bertz CT molecular complexity index is 664. The first-order valence-electron chi connectivity index (χ1n) is 6.40. The fourth-order valence-electron chi connectivity index (χ4n) is 2.04. The zero-order chi connectivity index (χ0) is 15.4. The van der Waals surface area contributed by atoms with Crippen molar-refractivity contribution in [1.29, 1.82) is 0 Å². The lowest BCUT2D eigenvalue weighted by Crippen LogP contribution is -2.19. The van der Waals surface area contributed by atoms with Crippen molar-refractivity contribution in [1.82, 2.24) is 5.32 Å². The van der Waals surface area contributed by atoms with Gasteiger partial charge in [0.1, 0.15) is 0 Å². The third-order valence-electron chi connectivity index (χ3n) is 3.23. The molecule has 0 aromatic heterocycles. The zero-order valence-corrected chi connectivity index (χ0v) is 12.1. The minimum atomic E-state index is -0.804. The number of halogens is 2. The predicted octanol–water partition coefficient (Wildman–Crippen LogP) is 4.24. The Morgan fingerprint density at radius 1 is 1.29 bits per heavy atom. The maximum atomic E-state index is 13.9. The standard InChI is InChI=1S/C15H14ClFN2O2/c1-10(12-6-2-3-7-13(12)16)18-9-11-5-4-8-14(15(11)17)19(20)21/h2-8,10,18H,9H2,1H3. The van der Waals surface area contributed by atoms with Gasteiger partial charge in [-0.1, -0.05) is 41.9 Å². The summed E-state index contributed by atoms with van der Waals surface area (Å²) >= 11 is 6.10. The second-order valence-electron chi connectivity index (χ2n) is 4.63. The van der Waals surface area contributed by atoms with Gasteiger partial charge in [0, 0.05) is 29.2 Å². The quantitative estimate of drug-likeness (QED) is 0.664. The molecule has 0 aliphatic carbocycles. The SMILES string of the molecule is CC(NCc1cccc([N+](=O)[O-])c1F)c1ccccc1Cl. The molecule has 0 fully saturated rings. The van der Waals surface area contributed by atoms with Gasteiger partial charge in [0.05, 0.1) is 4.92 Å². The molecule has 0 saturated heterocycles. The molecule has 21 heavy (non-hydrogen) atoms. The van der Waals surface area contributed by atoms with E-state index in [1.165, 1.54) is 12.1 Å². The summed E-state index contributed by atoms with van der Waals surface area (Å²) in [5.41, 5.74) is 0.632. The third-order valence-corrected chi connectivity index (χ3v) is 3.57. The molecule has 2 aromatic carbocycles. The molecule has 0 saturated carbocycles. The second-order valence-corrected chi connectivity index (χ2v) is 5.04. The summed E-state index contributed by atoms with van der Waals surface area (Å²) in [5, 5.41) is 14.4. The summed E-state index contributed by atoms with van der Waals surface area (Å²) in [6.07, 6.45) is 0. The molecular weight excluding hydrogens is 295 g/mol. The molecule has 0 heterocycles. The summed E-state index contributed by atoms with van der Waals surface area (Å²) in [6.45, 7) is 2.08. The van der Waals surface area contributed by atoms with E-state index >= 15 is 0 Å². The van der Waals surface area contributed by atoms with Gasteiger partial charge in [-0.3, -0.25) is 10.1 Å². The van der Waals surface area contributed by atoms with Crippen LogP contribution < -0.4 is 5.32 Å². The van der Waals surface area contributed by atoms with Crippen molar-refractivity contribution < 1.29 is 9.31 Å². The highest BCUT2D eigenvalue weighted by atomic mass is 35.5. The Balaban J connectivity index is 2.12. The second kappa shape index (κ2) is 6.65. The van der Waals surface area contributed by atoms with Crippen LogP contribution in [-0.2, 0) is 6.54 Å². The molecule has 0 aliphatic heterocycles. The molecule has 0 radical (unpaired) electrons. The van der Waals surface area contributed by atoms with E-state index in [4.69, 9.17) is 11.6 Å². The topological polar surface area (TPSA) is 55.2 Å². The van der Waals surface area contributed by atoms with Crippen LogP contribution in [0, 0.1) is 15.9 Å². The van der Waals surface area contributed by atoms with Crippen molar-refractivity contribution in [2.75, 3.05) is 0 Å².